The number of hydrogen-bond acceptors (Lipinski definition) is 8. The number of nitrogen functional groups attached to an aromatic ring is 1. The number of carbonyl (C=O) groups excluding carboxylic acids is 1. The van der Waals surface area contributed by atoms with Crippen molar-refractivity contribution in [3.8, 4) is 0 Å². The number of aromatic nitrogens is 3. The van der Waals surface area contributed by atoms with E-state index in [2.05, 4.69) is 25.8 Å². The van der Waals surface area contributed by atoms with Crippen molar-refractivity contribution in [3.63, 3.8) is 0 Å². The number of hydrogen-bond donors (Lipinski definition) is 4. The number of aromatic amines is 1. The molecule has 1 aliphatic heterocycles. The Morgan fingerprint density at radius 2 is 2.12 bits per heavy atom. The summed E-state index contributed by atoms with van der Waals surface area (Å²) in [6.07, 6.45) is -3.04. The number of dihydropyridines is 1. The highest BCUT2D eigenvalue weighted by Crippen LogP contribution is 2.42. The van der Waals surface area contributed by atoms with Crippen LogP contribution in [0.2, 0.25) is 5.02 Å². The van der Waals surface area contributed by atoms with Gasteiger partial charge in [-0.25, -0.2) is 9.89 Å². The quantitative estimate of drug-likeness (QED) is 0.331. The molecule has 1 atom stereocenters. The molecule has 0 spiro atoms. The molecule has 1 aliphatic rings. The Kier molecular flexibility index (Phi) is 7.49. The van der Waals surface area contributed by atoms with Gasteiger partial charge in [-0.05, 0) is 18.6 Å². The van der Waals surface area contributed by atoms with Gasteiger partial charge in [-0.3, -0.25) is 0 Å². The molecule has 0 radical (unpaired) electrons. The summed E-state index contributed by atoms with van der Waals surface area (Å²) in [5, 5.41) is 11.8. The molecule has 0 aliphatic carbocycles. The number of anilines is 2. The normalized spacial score (nSPS) is 16.3. The summed E-state index contributed by atoms with van der Waals surface area (Å²) in [5.41, 5.74) is 5.74. The summed E-state index contributed by atoms with van der Waals surface area (Å²) in [6.45, 7) is 2.39. The number of rotatable bonds is 8. The van der Waals surface area contributed by atoms with Gasteiger partial charge in [0, 0.05) is 23.9 Å². The van der Waals surface area contributed by atoms with Crippen LogP contribution in [0.4, 0.5) is 25.1 Å². The Hall–Kier alpha value is -3.25. The zero-order valence-electron chi connectivity index (χ0n) is 17.7. The first-order chi connectivity index (χ1) is 15.6. The highest BCUT2D eigenvalue weighted by molar-refractivity contribution is 6.32. The van der Waals surface area contributed by atoms with E-state index < -0.39 is 28.6 Å². The maximum Gasteiger partial charge on any atom is 0.417 e. The van der Waals surface area contributed by atoms with Gasteiger partial charge in [-0.1, -0.05) is 29.8 Å². The van der Waals surface area contributed by atoms with Gasteiger partial charge in [0.2, 0.25) is 11.9 Å². The molecule has 0 saturated carbocycles. The van der Waals surface area contributed by atoms with Crippen LogP contribution in [0.3, 0.4) is 0 Å². The number of nitrogens with two attached hydrogens (primary N) is 1. The monoisotopic (exact) mass is 486 g/mol. The Labute approximate surface area is 192 Å². The summed E-state index contributed by atoms with van der Waals surface area (Å²) in [7, 11) is 1.20. The first kappa shape index (κ1) is 24.4. The standard InChI is InChI=1S/C20H22ClF3N6O3/c1-10-15(17(31)32-2)13(12-4-3-5-14(16(12)21)20(22,23)24)8-11(27-10)9-33-7-6-26-19-28-18(25)29-30-19/h3-5,8,13,27H,6-7,9H2,1-2H3,(H4,25,26,28,29,30). The Morgan fingerprint density at radius 1 is 1.36 bits per heavy atom. The molecule has 9 nitrogen and oxygen atoms in total. The minimum Gasteiger partial charge on any atom is -0.466 e. The van der Waals surface area contributed by atoms with Crippen LogP contribution in [0.1, 0.15) is 24.0 Å². The van der Waals surface area contributed by atoms with E-state index >= 15 is 0 Å². The third-order valence-electron chi connectivity index (χ3n) is 4.80. The second-order valence-corrected chi connectivity index (χ2v) is 7.43. The maximum atomic E-state index is 13.4. The number of nitrogens with zero attached hydrogens (tertiary/aromatic N) is 2. The van der Waals surface area contributed by atoms with Gasteiger partial charge in [0.15, 0.2) is 0 Å². The topological polar surface area (TPSA) is 127 Å². The second kappa shape index (κ2) is 10.1. The van der Waals surface area contributed by atoms with E-state index in [1.54, 1.807) is 13.0 Å². The number of methoxy groups -OCH3 is 1. The molecule has 1 aromatic heterocycles. The van der Waals surface area contributed by atoms with Crippen molar-refractivity contribution < 1.29 is 27.4 Å². The van der Waals surface area contributed by atoms with E-state index in [1.807, 2.05) is 0 Å². The Bertz CT molecular complexity index is 1080. The highest BCUT2D eigenvalue weighted by atomic mass is 35.5. The average Bonchev–Trinajstić information content (AvgIpc) is 3.17. The molecule has 13 heteroatoms. The van der Waals surface area contributed by atoms with Crippen LogP contribution in [0, 0.1) is 0 Å². The van der Waals surface area contributed by atoms with Gasteiger partial charge in [0.05, 0.1) is 36.5 Å². The largest absolute Gasteiger partial charge is 0.466 e. The number of esters is 1. The van der Waals surface area contributed by atoms with Crippen LogP contribution >= 0.6 is 11.6 Å². The Morgan fingerprint density at radius 3 is 2.76 bits per heavy atom. The summed E-state index contributed by atoms with van der Waals surface area (Å²) in [4.78, 5) is 16.3. The number of allylic oxidation sites excluding steroid dienone is 2. The van der Waals surface area contributed by atoms with E-state index in [4.69, 9.17) is 26.8 Å². The number of carbonyl (C=O) groups is 1. The Balaban J connectivity index is 1.78. The van der Waals surface area contributed by atoms with Crippen molar-refractivity contribution in [1.29, 1.82) is 0 Å². The third kappa shape index (κ3) is 5.76. The van der Waals surface area contributed by atoms with Crippen molar-refractivity contribution in [1.82, 2.24) is 20.5 Å². The van der Waals surface area contributed by atoms with Crippen LogP contribution in [0.5, 0.6) is 0 Å². The number of benzene rings is 1. The molecule has 2 aromatic rings. The van der Waals surface area contributed by atoms with Crippen molar-refractivity contribution in [3.05, 3.63) is 57.4 Å². The summed E-state index contributed by atoms with van der Waals surface area (Å²) in [6, 6.07) is 3.59. The number of alkyl halides is 3. The van der Waals surface area contributed by atoms with Gasteiger partial charge in [-0.15, -0.1) is 5.10 Å². The average molecular weight is 487 g/mol. The van der Waals surface area contributed by atoms with Crippen LogP contribution in [-0.2, 0) is 20.4 Å². The lowest BCUT2D eigenvalue weighted by Gasteiger charge is -2.28. The predicted octanol–water partition coefficient (Wildman–Crippen LogP) is 3.21. The van der Waals surface area contributed by atoms with Crippen molar-refractivity contribution in [2.24, 2.45) is 0 Å². The minimum atomic E-state index is -4.64. The van der Waals surface area contributed by atoms with Gasteiger partial charge in [-0.2, -0.15) is 18.2 Å². The van der Waals surface area contributed by atoms with Crippen LogP contribution in [0.15, 0.2) is 41.2 Å². The first-order valence-electron chi connectivity index (χ1n) is 9.73. The SMILES string of the molecule is COC(=O)C1=C(C)NC(COCCNc2n[nH]c(N)n2)=CC1c1cccc(C(F)(F)F)c1Cl. The van der Waals surface area contributed by atoms with Crippen molar-refractivity contribution >= 4 is 29.5 Å². The van der Waals surface area contributed by atoms with E-state index in [0.29, 0.717) is 23.9 Å². The fourth-order valence-electron chi connectivity index (χ4n) is 3.37. The van der Waals surface area contributed by atoms with Crippen LogP contribution < -0.4 is 16.4 Å². The lowest BCUT2D eigenvalue weighted by molar-refractivity contribution is -0.137. The van der Waals surface area contributed by atoms with Gasteiger partial charge in [0.25, 0.3) is 0 Å². The minimum absolute atomic E-state index is 0.108. The predicted molar refractivity (Wildman–Crippen MR) is 115 cm³/mol. The van der Waals surface area contributed by atoms with Gasteiger partial charge in [0.1, 0.15) is 0 Å². The van der Waals surface area contributed by atoms with Crippen LogP contribution in [-0.4, -0.2) is 48.0 Å². The fraction of sp³-hybridized carbons (Fsp3) is 0.350. The van der Waals surface area contributed by atoms with E-state index in [9.17, 15) is 18.0 Å². The summed E-state index contributed by atoms with van der Waals surface area (Å²) >= 11 is 6.13. The molecule has 1 aromatic carbocycles. The summed E-state index contributed by atoms with van der Waals surface area (Å²) < 4.78 is 50.6. The zero-order valence-corrected chi connectivity index (χ0v) is 18.5. The molecule has 0 bridgehead atoms. The van der Waals surface area contributed by atoms with Crippen molar-refractivity contribution in [2.75, 3.05) is 37.9 Å². The molecule has 5 N–H and O–H groups in total. The van der Waals surface area contributed by atoms with Gasteiger partial charge < -0.3 is 25.8 Å². The first-order valence-corrected chi connectivity index (χ1v) is 10.1. The fourth-order valence-corrected chi connectivity index (χ4v) is 3.72. The summed E-state index contributed by atoms with van der Waals surface area (Å²) in [5.74, 6) is -1.03. The molecule has 2 heterocycles. The van der Waals surface area contributed by atoms with Gasteiger partial charge >= 0.3 is 12.1 Å². The van der Waals surface area contributed by atoms with E-state index in [1.165, 1.54) is 19.2 Å². The number of ether oxygens (including phenoxy) is 2. The number of H-pyrrole nitrogens is 1. The molecule has 3 rings (SSSR count). The van der Waals surface area contributed by atoms with E-state index in [0.717, 1.165) is 6.07 Å². The molecule has 1 unspecified atom stereocenters. The van der Waals surface area contributed by atoms with Crippen molar-refractivity contribution in [2.45, 2.75) is 19.0 Å². The molecule has 0 amide bonds. The second-order valence-electron chi connectivity index (χ2n) is 7.05. The molecular formula is C20H22ClF3N6O3. The number of nitrogens with one attached hydrogen (secondary N) is 3. The number of halogens is 4. The molecule has 0 saturated heterocycles. The molecular weight excluding hydrogens is 465 g/mol. The lowest BCUT2D eigenvalue weighted by Crippen LogP contribution is -2.28. The smallest absolute Gasteiger partial charge is 0.417 e. The molecule has 178 valence electrons. The molecule has 33 heavy (non-hydrogen) atoms. The molecule has 0 fully saturated rings. The lowest BCUT2D eigenvalue weighted by atomic mass is 9.86. The zero-order chi connectivity index (χ0) is 24.2. The highest BCUT2D eigenvalue weighted by Gasteiger charge is 2.37. The van der Waals surface area contributed by atoms with Crippen LogP contribution in [0.25, 0.3) is 0 Å². The third-order valence-corrected chi connectivity index (χ3v) is 5.22. The maximum absolute atomic E-state index is 13.4. The van der Waals surface area contributed by atoms with E-state index in [-0.39, 0.29) is 30.3 Å².